The number of epoxide rings is 1. The molecule has 13 atom stereocenters. The van der Waals surface area contributed by atoms with Crippen LogP contribution in [0.2, 0.25) is 0 Å². The third kappa shape index (κ3) is 2.68. The molecule has 0 bridgehead atoms. The number of rotatable bonds is 2. The van der Waals surface area contributed by atoms with E-state index in [1.165, 1.54) is 0 Å². The Balaban J connectivity index is 1.29. The lowest BCUT2D eigenvalue weighted by molar-refractivity contribution is -0.192. The molecule has 6 heteroatoms. The molecule has 6 aliphatic rings. The Morgan fingerprint density at radius 2 is 1.82 bits per heavy atom. The molecule has 188 valence electrons. The van der Waals surface area contributed by atoms with E-state index in [0.717, 1.165) is 25.7 Å². The first-order valence-corrected chi connectivity index (χ1v) is 13.4. The molecular weight excluding hydrogens is 432 g/mol. The molecule has 4 aliphatic carbocycles. The number of aliphatic hydroxyl groups is 2. The van der Waals surface area contributed by atoms with Gasteiger partial charge in [-0.25, -0.2) is 0 Å². The molecule has 0 radical (unpaired) electrons. The van der Waals surface area contributed by atoms with Gasteiger partial charge in [-0.2, -0.15) is 0 Å². The van der Waals surface area contributed by atoms with Crippen LogP contribution in [0, 0.1) is 46.3 Å². The summed E-state index contributed by atoms with van der Waals surface area (Å²) in [6.45, 7) is 10.1. The zero-order valence-electron chi connectivity index (χ0n) is 21.1. The van der Waals surface area contributed by atoms with Crippen molar-refractivity contribution in [1.82, 2.24) is 0 Å². The van der Waals surface area contributed by atoms with Crippen molar-refractivity contribution in [3.8, 4) is 0 Å². The Kier molecular flexibility index (Phi) is 4.74. The van der Waals surface area contributed by atoms with Gasteiger partial charge in [0.05, 0.1) is 23.0 Å². The Labute approximate surface area is 202 Å². The van der Waals surface area contributed by atoms with Crippen LogP contribution in [0.25, 0.3) is 0 Å². The summed E-state index contributed by atoms with van der Waals surface area (Å²) in [5, 5.41) is 22.6. The minimum Gasteiger partial charge on any atom is -0.462 e. The van der Waals surface area contributed by atoms with E-state index >= 15 is 0 Å². The number of hydrogen-bond acceptors (Lipinski definition) is 6. The van der Waals surface area contributed by atoms with Crippen LogP contribution in [0.15, 0.2) is 12.2 Å². The van der Waals surface area contributed by atoms with Crippen molar-refractivity contribution in [3.63, 3.8) is 0 Å². The molecule has 2 N–H and O–H groups in total. The van der Waals surface area contributed by atoms with E-state index in [-0.39, 0.29) is 53.2 Å². The van der Waals surface area contributed by atoms with Gasteiger partial charge in [0.25, 0.3) is 0 Å². The second-order valence-corrected chi connectivity index (χ2v) is 13.3. The summed E-state index contributed by atoms with van der Waals surface area (Å²) < 4.78 is 12.1. The number of esters is 1. The molecule has 2 aliphatic heterocycles. The maximum atomic E-state index is 13.3. The van der Waals surface area contributed by atoms with Crippen molar-refractivity contribution in [2.75, 3.05) is 0 Å². The van der Waals surface area contributed by atoms with Crippen LogP contribution in [0.1, 0.15) is 73.1 Å². The first kappa shape index (κ1) is 23.2. The Bertz CT molecular complexity index is 957. The second-order valence-electron chi connectivity index (χ2n) is 13.3. The average Bonchev–Trinajstić information content (AvgIpc) is 3.50. The number of hydrogen-bond donors (Lipinski definition) is 2. The van der Waals surface area contributed by atoms with Crippen LogP contribution in [0.4, 0.5) is 0 Å². The predicted molar refractivity (Wildman–Crippen MR) is 124 cm³/mol. The lowest BCUT2D eigenvalue weighted by atomic mass is 9.43. The van der Waals surface area contributed by atoms with E-state index in [9.17, 15) is 19.8 Å². The first-order chi connectivity index (χ1) is 15.9. The van der Waals surface area contributed by atoms with Crippen molar-refractivity contribution in [2.45, 2.75) is 103 Å². The van der Waals surface area contributed by atoms with Crippen molar-refractivity contribution in [3.05, 3.63) is 12.2 Å². The third-order valence-corrected chi connectivity index (χ3v) is 12.0. The standard InChI is InChI=1S/C28H40O6/c1-14(19-13-26(4,31)15(2)24(30)33-19)16-8-9-17-21-18(10-12-25(16,17)3)27(5)20(29)7-6-11-28(27,32)23-22(21)34-23/h6-7,14-19,21-23,31-32H,8-13H2,1-5H3/t14-,15-,16+,17?,18?,19+,21-,22-,23-,25+,26-,27-,28-/m0/s1. The molecule has 34 heavy (non-hydrogen) atoms. The molecule has 0 aromatic carbocycles. The molecule has 3 saturated carbocycles. The Morgan fingerprint density at radius 3 is 2.53 bits per heavy atom. The predicted octanol–water partition coefficient (Wildman–Crippen LogP) is 3.43. The molecule has 2 heterocycles. The van der Waals surface area contributed by atoms with Crippen LogP contribution in [0.5, 0.6) is 0 Å². The summed E-state index contributed by atoms with van der Waals surface area (Å²) in [5.74, 6) is 0.613. The summed E-state index contributed by atoms with van der Waals surface area (Å²) in [4.78, 5) is 25.8. The van der Waals surface area contributed by atoms with Gasteiger partial charge in [-0.05, 0) is 94.0 Å². The Hall–Kier alpha value is -1.24. The lowest BCUT2D eigenvalue weighted by Gasteiger charge is -2.60. The van der Waals surface area contributed by atoms with Gasteiger partial charge in [-0.1, -0.05) is 19.9 Å². The van der Waals surface area contributed by atoms with Gasteiger partial charge in [0.15, 0.2) is 5.78 Å². The van der Waals surface area contributed by atoms with E-state index in [2.05, 4.69) is 13.8 Å². The third-order valence-electron chi connectivity index (χ3n) is 12.0. The number of fused-ring (bicyclic) bond motifs is 8. The number of carbonyl (C=O) groups is 2. The average molecular weight is 473 g/mol. The van der Waals surface area contributed by atoms with Crippen LogP contribution in [-0.4, -0.2) is 51.5 Å². The molecule has 0 spiro atoms. The highest BCUT2D eigenvalue weighted by Crippen LogP contribution is 2.71. The van der Waals surface area contributed by atoms with Crippen LogP contribution >= 0.6 is 0 Å². The number of ketones is 1. The van der Waals surface area contributed by atoms with Crippen LogP contribution < -0.4 is 0 Å². The van der Waals surface area contributed by atoms with Gasteiger partial charge in [0.1, 0.15) is 17.8 Å². The minimum atomic E-state index is -1.09. The highest BCUT2D eigenvalue weighted by atomic mass is 16.6. The van der Waals surface area contributed by atoms with Crippen molar-refractivity contribution in [1.29, 1.82) is 0 Å². The van der Waals surface area contributed by atoms with E-state index in [1.54, 1.807) is 19.9 Å². The van der Waals surface area contributed by atoms with Crippen molar-refractivity contribution in [2.24, 2.45) is 46.3 Å². The fraction of sp³-hybridized carbons (Fsp3) is 0.857. The number of allylic oxidation sites excluding steroid dienone is 1. The maximum Gasteiger partial charge on any atom is 0.311 e. The molecule has 0 aromatic rings. The van der Waals surface area contributed by atoms with E-state index < -0.39 is 22.5 Å². The van der Waals surface area contributed by atoms with Gasteiger partial charge in [-0.15, -0.1) is 0 Å². The summed E-state index contributed by atoms with van der Waals surface area (Å²) in [6, 6.07) is 0. The normalized spacial score (nSPS) is 58.8. The smallest absolute Gasteiger partial charge is 0.311 e. The fourth-order valence-electron chi connectivity index (χ4n) is 9.57. The molecule has 0 aromatic heterocycles. The highest BCUT2D eigenvalue weighted by Gasteiger charge is 2.77. The fourth-order valence-corrected chi connectivity index (χ4v) is 9.57. The number of carbonyl (C=O) groups excluding carboxylic acids is 2. The minimum absolute atomic E-state index is 0.0372. The summed E-state index contributed by atoms with van der Waals surface area (Å²) >= 11 is 0. The SMILES string of the molecule is C[C@@H]([C@H]1CCC2[C@H]3C(CC[C@@]21C)[C@@]1(C)C(=O)C=CC[C@]1(O)[C@H]1O[C@@H]31)[C@H]1C[C@](C)(O)[C@@H](C)C(=O)O1. The molecule has 2 saturated heterocycles. The Morgan fingerprint density at radius 1 is 1.09 bits per heavy atom. The van der Waals surface area contributed by atoms with Gasteiger partial charge in [0, 0.05) is 6.42 Å². The molecule has 6 rings (SSSR count). The second kappa shape index (κ2) is 6.95. The molecule has 2 unspecified atom stereocenters. The van der Waals surface area contributed by atoms with E-state index in [0.29, 0.717) is 24.7 Å². The molecular formula is C28H40O6. The van der Waals surface area contributed by atoms with Crippen LogP contribution in [-0.2, 0) is 19.1 Å². The van der Waals surface area contributed by atoms with Gasteiger partial charge >= 0.3 is 5.97 Å². The first-order valence-electron chi connectivity index (χ1n) is 13.4. The molecule has 5 fully saturated rings. The topological polar surface area (TPSA) is 96.4 Å². The lowest BCUT2D eigenvalue weighted by Crippen LogP contribution is -2.67. The number of cyclic esters (lactones) is 1. The summed E-state index contributed by atoms with van der Waals surface area (Å²) in [5.41, 5.74) is -2.86. The van der Waals surface area contributed by atoms with E-state index in [1.807, 2.05) is 13.0 Å². The van der Waals surface area contributed by atoms with Gasteiger partial charge in [0.2, 0.25) is 0 Å². The highest BCUT2D eigenvalue weighted by molar-refractivity contribution is 5.97. The number of ether oxygens (including phenoxy) is 2. The largest absolute Gasteiger partial charge is 0.462 e. The van der Waals surface area contributed by atoms with E-state index in [4.69, 9.17) is 9.47 Å². The van der Waals surface area contributed by atoms with Crippen molar-refractivity contribution >= 4 is 11.8 Å². The zero-order valence-corrected chi connectivity index (χ0v) is 21.1. The van der Waals surface area contributed by atoms with Crippen LogP contribution in [0.3, 0.4) is 0 Å². The summed E-state index contributed by atoms with van der Waals surface area (Å²) in [7, 11) is 0. The van der Waals surface area contributed by atoms with Crippen molar-refractivity contribution < 1.29 is 29.3 Å². The quantitative estimate of drug-likeness (QED) is 0.472. The monoisotopic (exact) mass is 472 g/mol. The molecule has 6 nitrogen and oxygen atoms in total. The summed E-state index contributed by atoms with van der Waals surface area (Å²) in [6.07, 6.45) is 8.03. The molecule has 0 amide bonds. The maximum absolute atomic E-state index is 13.3. The zero-order chi connectivity index (χ0) is 24.4. The van der Waals surface area contributed by atoms with Gasteiger partial charge < -0.3 is 19.7 Å². The van der Waals surface area contributed by atoms with Gasteiger partial charge in [-0.3, -0.25) is 9.59 Å².